The average Bonchev–Trinajstić information content (AvgIpc) is 2.44. The summed E-state index contributed by atoms with van der Waals surface area (Å²) in [6.07, 6.45) is 0. The summed E-state index contributed by atoms with van der Waals surface area (Å²) in [7, 11) is 0. The first-order chi connectivity index (χ1) is 9.69. The Morgan fingerprint density at radius 2 is 1.80 bits per heavy atom. The van der Waals surface area contributed by atoms with Crippen LogP contribution in [0, 0.1) is 5.82 Å². The molecule has 2 rings (SSSR count). The van der Waals surface area contributed by atoms with Gasteiger partial charge in [-0.05, 0) is 43.3 Å². The predicted octanol–water partition coefficient (Wildman–Crippen LogP) is 3.87. The molecular weight excluding hydrogens is 259 g/mol. The van der Waals surface area contributed by atoms with Crippen LogP contribution < -0.4 is 15.4 Å². The molecule has 0 radical (unpaired) electrons. The molecule has 2 N–H and O–H groups in total. The zero-order chi connectivity index (χ0) is 14.4. The molecular formula is C15H15FN2O2. The number of ether oxygens (including phenoxy) is 1. The Morgan fingerprint density at radius 1 is 1.10 bits per heavy atom. The molecule has 5 heteroatoms. The van der Waals surface area contributed by atoms with Crippen molar-refractivity contribution in [3.8, 4) is 5.75 Å². The molecule has 2 aromatic carbocycles. The summed E-state index contributed by atoms with van der Waals surface area (Å²) in [4.78, 5) is 11.7. The van der Waals surface area contributed by atoms with E-state index in [1.54, 1.807) is 36.4 Å². The summed E-state index contributed by atoms with van der Waals surface area (Å²) >= 11 is 0. The summed E-state index contributed by atoms with van der Waals surface area (Å²) in [5, 5.41) is 5.06. The fraction of sp³-hybridized carbons (Fsp3) is 0.133. The van der Waals surface area contributed by atoms with Crippen molar-refractivity contribution in [1.82, 2.24) is 0 Å². The molecule has 0 unspecified atom stereocenters. The van der Waals surface area contributed by atoms with Crippen molar-refractivity contribution in [1.29, 1.82) is 0 Å². The quantitative estimate of drug-likeness (QED) is 0.889. The molecule has 0 saturated heterocycles. The molecule has 0 aliphatic heterocycles. The molecule has 4 nitrogen and oxygen atoms in total. The zero-order valence-corrected chi connectivity index (χ0v) is 11.0. The van der Waals surface area contributed by atoms with Gasteiger partial charge in [0.2, 0.25) is 0 Å². The van der Waals surface area contributed by atoms with Crippen LogP contribution in [0.5, 0.6) is 5.75 Å². The second-order valence-electron chi connectivity index (χ2n) is 4.02. The van der Waals surface area contributed by atoms with Gasteiger partial charge < -0.3 is 15.4 Å². The van der Waals surface area contributed by atoms with Crippen molar-refractivity contribution in [2.75, 3.05) is 17.2 Å². The van der Waals surface area contributed by atoms with Gasteiger partial charge in [0.15, 0.2) is 0 Å². The van der Waals surface area contributed by atoms with Crippen molar-refractivity contribution < 1.29 is 13.9 Å². The van der Waals surface area contributed by atoms with E-state index in [-0.39, 0.29) is 5.69 Å². The van der Waals surface area contributed by atoms with Gasteiger partial charge in [0.25, 0.3) is 0 Å². The summed E-state index contributed by atoms with van der Waals surface area (Å²) in [5.41, 5.74) is 0.734. The number of anilines is 2. The Kier molecular flexibility index (Phi) is 4.55. The van der Waals surface area contributed by atoms with Gasteiger partial charge in [-0.25, -0.2) is 9.18 Å². The highest BCUT2D eigenvalue weighted by atomic mass is 19.1. The third kappa shape index (κ3) is 3.71. The lowest BCUT2D eigenvalue weighted by Crippen LogP contribution is -2.20. The Hall–Kier alpha value is -2.56. The summed E-state index contributed by atoms with van der Waals surface area (Å²) in [5.74, 6) is 0.252. The number of hydrogen-bond donors (Lipinski definition) is 2. The number of carbonyl (C=O) groups excluding carboxylic acids is 1. The van der Waals surface area contributed by atoms with E-state index in [9.17, 15) is 9.18 Å². The summed E-state index contributed by atoms with van der Waals surface area (Å²) in [6, 6.07) is 12.4. The fourth-order valence-electron chi connectivity index (χ4n) is 1.65. The number of benzene rings is 2. The number of urea groups is 1. The lowest BCUT2D eigenvalue weighted by molar-refractivity contribution is 0.262. The smallest absolute Gasteiger partial charge is 0.323 e. The maximum absolute atomic E-state index is 13.4. The van der Waals surface area contributed by atoms with Gasteiger partial charge in [-0.15, -0.1) is 0 Å². The fourth-order valence-corrected chi connectivity index (χ4v) is 1.65. The molecule has 0 aromatic heterocycles. The molecule has 0 spiro atoms. The first-order valence-electron chi connectivity index (χ1n) is 6.24. The van der Waals surface area contributed by atoms with Crippen LogP contribution in [-0.2, 0) is 0 Å². The Balaban J connectivity index is 1.96. The monoisotopic (exact) mass is 274 g/mol. The van der Waals surface area contributed by atoms with Crippen molar-refractivity contribution >= 4 is 17.4 Å². The highest BCUT2D eigenvalue weighted by Crippen LogP contribution is 2.17. The second-order valence-corrected chi connectivity index (χ2v) is 4.02. The number of rotatable bonds is 4. The van der Waals surface area contributed by atoms with E-state index >= 15 is 0 Å². The molecule has 104 valence electrons. The highest BCUT2D eigenvalue weighted by Gasteiger charge is 2.06. The van der Waals surface area contributed by atoms with E-state index in [4.69, 9.17) is 4.74 Å². The average molecular weight is 274 g/mol. The van der Waals surface area contributed by atoms with E-state index in [0.29, 0.717) is 12.3 Å². The first-order valence-corrected chi connectivity index (χ1v) is 6.24. The summed E-state index contributed by atoms with van der Waals surface area (Å²) in [6.45, 7) is 2.48. The number of nitrogens with one attached hydrogen (secondary N) is 2. The number of carbonyl (C=O) groups is 1. The molecule has 2 aromatic rings. The largest absolute Gasteiger partial charge is 0.494 e. The van der Waals surface area contributed by atoms with Crippen molar-refractivity contribution in [3.63, 3.8) is 0 Å². The number of halogens is 1. The van der Waals surface area contributed by atoms with Crippen LogP contribution in [0.3, 0.4) is 0 Å². The molecule has 0 fully saturated rings. The molecule has 0 heterocycles. The van der Waals surface area contributed by atoms with Gasteiger partial charge in [0.05, 0.1) is 12.3 Å². The van der Waals surface area contributed by atoms with Crippen LogP contribution >= 0.6 is 0 Å². The van der Waals surface area contributed by atoms with Gasteiger partial charge >= 0.3 is 6.03 Å². The van der Waals surface area contributed by atoms with Gasteiger partial charge in [-0.2, -0.15) is 0 Å². The number of hydrogen-bond acceptors (Lipinski definition) is 2. The van der Waals surface area contributed by atoms with Gasteiger partial charge in [0.1, 0.15) is 11.6 Å². The van der Waals surface area contributed by atoms with E-state index in [1.165, 1.54) is 12.1 Å². The molecule has 0 atom stereocenters. The normalized spacial score (nSPS) is 9.90. The summed E-state index contributed by atoms with van der Waals surface area (Å²) < 4.78 is 18.7. The van der Waals surface area contributed by atoms with Gasteiger partial charge in [-0.3, -0.25) is 0 Å². The minimum Gasteiger partial charge on any atom is -0.494 e. The Labute approximate surface area is 116 Å². The van der Waals surface area contributed by atoms with E-state index in [2.05, 4.69) is 10.6 Å². The van der Waals surface area contributed by atoms with Crippen LogP contribution in [0.4, 0.5) is 20.6 Å². The lowest BCUT2D eigenvalue weighted by Gasteiger charge is -2.09. The van der Waals surface area contributed by atoms with Crippen molar-refractivity contribution in [2.24, 2.45) is 0 Å². The molecule has 2 amide bonds. The SMILES string of the molecule is CCOc1ccc(NC(=O)Nc2ccccc2F)cc1. The van der Waals surface area contributed by atoms with Crippen LogP contribution in [0.25, 0.3) is 0 Å². The molecule has 0 bridgehead atoms. The topological polar surface area (TPSA) is 50.4 Å². The lowest BCUT2D eigenvalue weighted by atomic mass is 10.3. The Bertz CT molecular complexity index is 585. The second kappa shape index (κ2) is 6.56. The minimum absolute atomic E-state index is 0.135. The Morgan fingerprint density at radius 3 is 2.45 bits per heavy atom. The van der Waals surface area contributed by atoms with Crippen LogP contribution in [0.1, 0.15) is 6.92 Å². The minimum atomic E-state index is -0.501. The van der Waals surface area contributed by atoms with Crippen molar-refractivity contribution in [2.45, 2.75) is 6.92 Å². The van der Waals surface area contributed by atoms with E-state index < -0.39 is 11.8 Å². The maximum Gasteiger partial charge on any atom is 0.323 e. The molecule has 0 aliphatic carbocycles. The van der Waals surface area contributed by atoms with E-state index in [1.807, 2.05) is 6.92 Å². The van der Waals surface area contributed by atoms with Crippen LogP contribution in [-0.4, -0.2) is 12.6 Å². The zero-order valence-electron chi connectivity index (χ0n) is 11.0. The van der Waals surface area contributed by atoms with Crippen molar-refractivity contribution in [3.05, 3.63) is 54.3 Å². The van der Waals surface area contributed by atoms with E-state index in [0.717, 1.165) is 5.75 Å². The number of para-hydroxylation sites is 1. The number of amides is 2. The highest BCUT2D eigenvalue weighted by molar-refractivity contribution is 5.99. The molecule has 20 heavy (non-hydrogen) atoms. The standard InChI is InChI=1S/C15H15FN2O2/c1-2-20-12-9-7-11(8-10-12)17-15(19)18-14-6-4-3-5-13(14)16/h3-10H,2H2,1H3,(H2,17,18,19). The third-order valence-corrected chi connectivity index (χ3v) is 2.55. The van der Waals surface area contributed by atoms with Crippen LogP contribution in [0.15, 0.2) is 48.5 Å². The maximum atomic E-state index is 13.4. The van der Waals surface area contributed by atoms with Crippen LogP contribution in [0.2, 0.25) is 0 Å². The molecule has 0 aliphatic rings. The van der Waals surface area contributed by atoms with Gasteiger partial charge in [0, 0.05) is 5.69 Å². The first kappa shape index (κ1) is 13.9. The molecule has 0 saturated carbocycles. The van der Waals surface area contributed by atoms with Gasteiger partial charge in [-0.1, -0.05) is 12.1 Å². The predicted molar refractivity (Wildman–Crippen MR) is 76.7 cm³/mol. The third-order valence-electron chi connectivity index (χ3n) is 2.55.